The minimum Gasteiger partial charge on any atom is -0.482 e. The molecule has 7 unspecified atom stereocenters. The van der Waals surface area contributed by atoms with Crippen molar-refractivity contribution < 1.29 is 72.8 Å². The second-order valence-corrected chi connectivity index (χ2v) is 22.2. The van der Waals surface area contributed by atoms with Crippen LogP contribution in [0.25, 0.3) is 6.08 Å². The molecule has 10 rings (SSSR count). The van der Waals surface area contributed by atoms with Crippen molar-refractivity contribution in [1.29, 1.82) is 0 Å². The van der Waals surface area contributed by atoms with E-state index in [-0.39, 0.29) is 58.4 Å². The number of fused-ring (bicyclic) bond motifs is 2. The number of methoxy groups -OCH3 is 1. The number of nitrogens with zero attached hydrogens (tertiary/aromatic N) is 1. The number of rotatable bonds is 14. The summed E-state index contributed by atoms with van der Waals surface area (Å²) >= 11 is 0. The summed E-state index contributed by atoms with van der Waals surface area (Å²) in [4.78, 5) is 62.3. The van der Waals surface area contributed by atoms with Gasteiger partial charge in [-0.15, -0.1) is 0 Å². The number of ketones is 2. The van der Waals surface area contributed by atoms with Gasteiger partial charge in [0.05, 0.1) is 36.4 Å². The zero-order valence-corrected chi connectivity index (χ0v) is 43.4. The Balaban J connectivity index is 1.22. The van der Waals surface area contributed by atoms with Crippen molar-refractivity contribution in [2.24, 2.45) is 17.8 Å². The lowest BCUT2D eigenvalue weighted by Crippen LogP contribution is -2.82. The molecule has 5 heterocycles. The molecule has 16 heteroatoms. The number of aliphatic hydroxyl groups excluding tert-OH is 4. The summed E-state index contributed by atoms with van der Waals surface area (Å²) < 4.78 is 45.1. The van der Waals surface area contributed by atoms with Crippen molar-refractivity contribution in [2.75, 3.05) is 26.8 Å². The molecule has 3 aliphatic carbocycles. The highest BCUT2D eigenvalue weighted by Crippen LogP contribution is 2.71. The highest BCUT2D eigenvalue weighted by molar-refractivity contribution is 6.11. The Morgan fingerprint density at radius 2 is 1.58 bits per heavy atom. The highest BCUT2D eigenvalue weighted by Gasteiger charge is 2.86. The molecule has 2 aromatic rings. The number of allylic oxidation sites excluding steroid dienone is 4. The van der Waals surface area contributed by atoms with E-state index in [9.17, 15) is 30.0 Å². The van der Waals surface area contributed by atoms with Crippen LogP contribution in [0.4, 0.5) is 0 Å². The third-order valence-corrected chi connectivity index (χ3v) is 16.4. The number of hydrogen-bond acceptors (Lipinski definition) is 16. The van der Waals surface area contributed by atoms with Crippen LogP contribution in [0.15, 0.2) is 65.3 Å². The summed E-state index contributed by atoms with van der Waals surface area (Å²) in [6.07, 6.45) is 6.85. The van der Waals surface area contributed by atoms with E-state index in [4.69, 9.17) is 33.2 Å². The highest BCUT2D eigenvalue weighted by atomic mass is 16.7. The monoisotopic (exact) mass is 1010 g/mol. The van der Waals surface area contributed by atoms with Crippen LogP contribution in [0, 0.1) is 17.8 Å². The predicted octanol–water partition coefficient (Wildman–Crippen LogP) is 6.56. The second kappa shape index (κ2) is 19.8. The fourth-order valence-corrected chi connectivity index (χ4v) is 12.8. The maximum Gasteiger partial charge on any atom is 0.343 e. The number of piperidine rings is 1. The molecule has 4 bridgehead atoms. The fourth-order valence-electron chi connectivity index (χ4n) is 12.8. The van der Waals surface area contributed by atoms with Crippen LogP contribution < -0.4 is 18.9 Å². The molecular weight excluding hydrogens is 939 g/mol. The summed E-state index contributed by atoms with van der Waals surface area (Å²) in [7, 11) is 1.30. The maximum absolute atomic E-state index is 16.6. The van der Waals surface area contributed by atoms with E-state index in [1.165, 1.54) is 31.4 Å². The standard InChI is InChI=1S/C57H71NO15/c1-30(2)14-13-23-55(8)24-22-36-47(71-55)35(20-15-31(3)4)49-40(48(36)70-52(66)33-16-18-34(19-17-33)68-53-46(63)45(62)43(60)38(29-59)69-53)44(61)41-42(58-26-11-10-12-27-58)37-28-39-54(6,7)73-56(50(37)64,57(39,41)72-49)25-21-32(5)51(65)67-9/h14-19,21-22,24,37-39,41-43,45-46,53,59-60,62-63H,10-13,20,23,25-29H2,1-9H3/t37?,38-,39?,41?,42?,43-,45-,46-,53-,55?,56?,57?/m1/s1. The lowest BCUT2D eigenvalue weighted by molar-refractivity contribution is -0.277. The topological polar surface area (TPSA) is 217 Å². The number of aliphatic hydroxyl groups is 4. The van der Waals surface area contributed by atoms with E-state index in [0.29, 0.717) is 49.2 Å². The summed E-state index contributed by atoms with van der Waals surface area (Å²) in [6, 6.07) is 5.19. The van der Waals surface area contributed by atoms with Gasteiger partial charge in [0, 0.05) is 35.4 Å². The van der Waals surface area contributed by atoms with Gasteiger partial charge in [0.2, 0.25) is 6.29 Å². The number of likely N-dealkylation sites (tertiary alicyclic amines) is 1. The molecule has 0 amide bonds. The predicted molar refractivity (Wildman–Crippen MR) is 267 cm³/mol. The van der Waals surface area contributed by atoms with Gasteiger partial charge in [-0.3, -0.25) is 14.5 Å². The molecule has 8 aliphatic rings. The second-order valence-electron chi connectivity index (χ2n) is 22.2. The van der Waals surface area contributed by atoms with E-state index < -0.39 is 95.5 Å². The molecule has 394 valence electrons. The SMILES string of the molecule is COC(=O)C(C)=CCC12OC(C)(C)C3CC(C1=O)C(N1CCCCC1)C1C(=O)c4c(OC(=O)c5ccc(O[C@@H]6O[C@H](CO)[C@@H](O)[C@@H](O)[C@H]6O)cc5)c5c(c(CC=C(C)C)c4OC132)OC(C)(CCC=C(C)C)C=C5. The molecule has 0 aromatic heterocycles. The van der Waals surface area contributed by atoms with Crippen molar-refractivity contribution in [1.82, 2.24) is 4.90 Å². The third kappa shape index (κ3) is 8.87. The van der Waals surface area contributed by atoms with Crippen LogP contribution in [-0.2, 0) is 30.2 Å². The molecule has 73 heavy (non-hydrogen) atoms. The lowest BCUT2D eigenvalue weighted by atomic mass is 9.44. The van der Waals surface area contributed by atoms with Crippen molar-refractivity contribution in [3.05, 3.63) is 87.5 Å². The first-order valence-electron chi connectivity index (χ1n) is 25.8. The third-order valence-electron chi connectivity index (χ3n) is 16.4. The summed E-state index contributed by atoms with van der Waals surface area (Å²) in [5.74, 6) is -3.31. The fraction of sp³-hybridized carbons (Fsp3) is 0.579. The number of esters is 2. The van der Waals surface area contributed by atoms with E-state index in [1.54, 1.807) is 13.0 Å². The van der Waals surface area contributed by atoms with Gasteiger partial charge in [0.25, 0.3) is 0 Å². The van der Waals surface area contributed by atoms with Crippen molar-refractivity contribution in [3.8, 4) is 23.0 Å². The Labute approximate surface area is 426 Å². The van der Waals surface area contributed by atoms with Crippen LogP contribution >= 0.6 is 0 Å². The Morgan fingerprint density at radius 1 is 0.877 bits per heavy atom. The van der Waals surface area contributed by atoms with E-state index >= 15 is 9.59 Å². The molecule has 3 saturated heterocycles. The average Bonchev–Trinajstić information content (AvgIpc) is 3.50. The van der Waals surface area contributed by atoms with Gasteiger partial charge in [-0.2, -0.15) is 0 Å². The summed E-state index contributed by atoms with van der Waals surface area (Å²) in [6.45, 7) is 16.3. The molecular formula is C57H71NO15. The maximum atomic E-state index is 16.6. The molecule has 3 saturated carbocycles. The Hall–Kier alpha value is -5.20. The van der Waals surface area contributed by atoms with Crippen LogP contribution in [0.2, 0.25) is 0 Å². The number of ether oxygens (including phenoxy) is 7. The van der Waals surface area contributed by atoms with Crippen molar-refractivity contribution >= 4 is 29.6 Å². The molecule has 16 nitrogen and oxygen atoms in total. The molecule has 2 aromatic carbocycles. The summed E-state index contributed by atoms with van der Waals surface area (Å²) in [5, 5.41) is 40.9. The number of carbonyl (C=O) groups excluding carboxylic acids is 4. The van der Waals surface area contributed by atoms with Gasteiger partial charge in [-0.05, 0) is 143 Å². The Bertz CT molecular complexity index is 2650. The summed E-state index contributed by atoms with van der Waals surface area (Å²) in [5.41, 5.74) is -1.57. The normalized spacial score (nSPS) is 33.9. The van der Waals surface area contributed by atoms with Gasteiger partial charge in [0.15, 0.2) is 28.5 Å². The smallest absolute Gasteiger partial charge is 0.343 e. The lowest BCUT2D eigenvalue weighted by Gasteiger charge is -2.64. The quantitative estimate of drug-likeness (QED) is 0.0682. The first-order valence-corrected chi connectivity index (χ1v) is 25.8. The largest absolute Gasteiger partial charge is 0.482 e. The van der Waals surface area contributed by atoms with E-state index in [2.05, 4.69) is 11.0 Å². The van der Waals surface area contributed by atoms with Crippen LogP contribution in [0.3, 0.4) is 0 Å². The van der Waals surface area contributed by atoms with Crippen LogP contribution in [0.5, 0.6) is 23.0 Å². The van der Waals surface area contributed by atoms with Gasteiger partial charge in [0.1, 0.15) is 52.8 Å². The van der Waals surface area contributed by atoms with Gasteiger partial charge < -0.3 is 53.6 Å². The molecule has 1 spiro atoms. The zero-order valence-electron chi connectivity index (χ0n) is 43.4. The van der Waals surface area contributed by atoms with Gasteiger partial charge >= 0.3 is 11.9 Å². The van der Waals surface area contributed by atoms with Crippen molar-refractivity contribution in [3.63, 3.8) is 0 Å². The first kappa shape index (κ1) is 52.7. The van der Waals surface area contributed by atoms with Gasteiger partial charge in [-0.25, -0.2) is 9.59 Å². The zero-order chi connectivity index (χ0) is 52.5. The molecule has 0 radical (unpaired) electrons. The average molecular weight is 1010 g/mol. The Kier molecular flexibility index (Phi) is 14.3. The van der Waals surface area contributed by atoms with Crippen LogP contribution in [0.1, 0.15) is 132 Å². The minimum absolute atomic E-state index is 0.0479. The number of hydrogen-bond donors (Lipinski definition) is 4. The molecule has 6 fully saturated rings. The van der Waals surface area contributed by atoms with E-state index in [0.717, 1.165) is 30.4 Å². The van der Waals surface area contributed by atoms with Gasteiger partial charge in [-0.1, -0.05) is 35.8 Å². The number of benzene rings is 2. The Morgan fingerprint density at radius 3 is 2.23 bits per heavy atom. The number of carbonyl (C=O) groups is 4. The minimum atomic E-state index is -1.71. The first-order chi connectivity index (χ1) is 34.6. The molecule has 12 atom stereocenters. The van der Waals surface area contributed by atoms with E-state index in [1.807, 2.05) is 66.7 Å². The molecule has 5 aliphatic heterocycles. The van der Waals surface area contributed by atoms with Crippen LogP contribution in [-0.4, -0.2) is 135 Å². The van der Waals surface area contributed by atoms with Crippen molar-refractivity contribution in [2.45, 2.75) is 166 Å². The number of Topliss-reactive ketones (excluding diaryl/α,β-unsaturated/α-hetero) is 2. The molecule has 4 N–H and O–H groups in total.